The van der Waals surface area contributed by atoms with Crippen molar-refractivity contribution in [2.24, 2.45) is 5.73 Å². The number of halogens is 1. The monoisotopic (exact) mass is 291 g/mol. The standard InChI is InChI=1S/C14H18FN5O/c1-9-3-4-11(5-12(9)15)6-17-14(21)8-20-7-13(10(2)16)18-19-20/h3-5,7,10H,6,8,16H2,1-2H3,(H,17,21). The summed E-state index contributed by atoms with van der Waals surface area (Å²) in [5.74, 6) is -0.503. The second kappa shape index (κ2) is 6.45. The van der Waals surface area contributed by atoms with Crippen LogP contribution in [0.5, 0.6) is 0 Å². The first-order valence-electron chi connectivity index (χ1n) is 6.63. The summed E-state index contributed by atoms with van der Waals surface area (Å²) in [6.45, 7) is 3.80. The third-order valence-corrected chi connectivity index (χ3v) is 3.05. The SMILES string of the molecule is Cc1ccc(CNC(=O)Cn2cc(C(C)N)nn2)cc1F. The van der Waals surface area contributed by atoms with Crippen molar-refractivity contribution in [2.75, 3.05) is 0 Å². The fourth-order valence-corrected chi connectivity index (χ4v) is 1.75. The van der Waals surface area contributed by atoms with Crippen LogP contribution in [0.1, 0.15) is 29.8 Å². The Morgan fingerprint density at radius 1 is 1.52 bits per heavy atom. The summed E-state index contributed by atoms with van der Waals surface area (Å²) >= 11 is 0. The lowest BCUT2D eigenvalue weighted by Gasteiger charge is -2.06. The number of amides is 1. The summed E-state index contributed by atoms with van der Waals surface area (Å²) in [6.07, 6.45) is 1.63. The van der Waals surface area contributed by atoms with Crippen molar-refractivity contribution in [1.82, 2.24) is 20.3 Å². The number of nitrogens with zero attached hydrogens (tertiary/aromatic N) is 3. The molecule has 2 aromatic rings. The summed E-state index contributed by atoms with van der Waals surface area (Å²) in [4.78, 5) is 11.8. The minimum Gasteiger partial charge on any atom is -0.350 e. The second-order valence-corrected chi connectivity index (χ2v) is 4.99. The van der Waals surface area contributed by atoms with Crippen LogP contribution < -0.4 is 11.1 Å². The van der Waals surface area contributed by atoms with E-state index in [2.05, 4.69) is 15.6 Å². The highest BCUT2D eigenvalue weighted by Crippen LogP contribution is 2.09. The fraction of sp³-hybridized carbons (Fsp3) is 0.357. The molecular weight excluding hydrogens is 273 g/mol. The number of nitrogens with one attached hydrogen (secondary N) is 1. The Morgan fingerprint density at radius 2 is 2.29 bits per heavy atom. The Morgan fingerprint density at radius 3 is 2.90 bits per heavy atom. The molecule has 1 aromatic heterocycles. The molecule has 0 radical (unpaired) electrons. The second-order valence-electron chi connectivity index (χ2n) is 4.99. The van der Waals surface area contributed by atoms with Crippen LogP contribution in [0.3, 0.4) is 0 Å². The highest BCUT2D eigenvalue weighted by Gasteiger charge is 2.08. The number of nitrogens with two attached hydrogens (primary N) is 1. The van der Waals surface area contributed by atoms with Crippen molar-refractivity contribution >= 4 is 5.91 Å². The van der Waals surface area contributed by atoms with Gasteiger partial charge >= 0.3 is 0 Å². The van der Waals surface area contributed by atoms with Gasteiger partial charge in [0.05, 0.1) is 11.9 Å². The van der Waals surface area contributed by atoms with E-state index in [0.717, 1.165) is 0 Å². The van der Waals surface area contributed by atoms with Crippen LogP contribution in [-0.4, -0.2) is 20.9 Å². The highest BCUT2D eigenvalue weighted by atomic mass is 19.1. The van der Waals surface area contributed by atoms with Gasteiger partial charge in [-0.1, -0.05) is 17.3 Å². The molecule has 0 spiro atoms. The van der Waals surface area contributed by atoms with E-state index in [1.807, 2.05) is 0 Å². The van der Waals surface area contributed by atoms with E-state index in [4.69, 9.17) is 5.73 Å². The van der Waals surface area contributed by atoms with E-state index in [1.165, 1.54) is 10.7 Å². The summed E-state index contributed by atoms with van der Waals surface area (Å²) in [6, 6.07) is 4.66. The lowest BCUT2D eigenvalue weighted by Crippen LogP contribution is -2.27. The molecular formula is C14H18FN5O. The number of carbonyl (C=O) groups is 1. The summed E-state index contributed by atoms with van der Waals surface area (Å²) in [5.41, 5.74) is 7.58. The van der Waals surface area contributed by atoms with E-state index in [-0.39, 0.29) is 30.9 Å². The fourth-order valence-electron chi connectivity index (χ4n) is 1.75. The molecule has 1 amide bonds. The van der Waals surface area contributed by atoms with Crippen molar-refractivity contribution in [3.05, 3.63) is 47.0 Å². The van der Waals surface area contributed by atoms with Gasteiger partial charge < -0.3 is 11.1 Å². The van der Waals surface area contributed by atoms with Crippen LogP contribution in [-0.2, 0) is 17.9 Å². The van der Waals surface area contributed by atoms with Gasteiger partial charge in [0.2, 0.25) is 5.91 Å². The summed E-state index contributed by atoms with van der Waals surface area (Å²) in [5, 5.41) is 10.4. The lowest BCUT2D eigenvalue weighted by molar-refractivity contribution is -0.122. The Hall–Kier alpha value is -2.28. The van der Waals surface area contributed by atoms with Crippen molar-refractivity contribution < 1.29 is 9.18 Å². The van der Waals surface area contributed by atoms with E-state index >= 15 is 0 Å². The number of rotatable bonds is 5. The topological polar surface area (TPSA) is 85.8 Å². The maximum absolute atomic E-state index is 13.4. The average molecular weight is 291 g/mol. The van der Waals surface area contributed by atoms with Gasteiger partial charge in [-0.15, -0.1) is 5.10 Å². The third kappa shape index (κ3) is 4.09. The largest absolute Gasteiger partial charge is 0.350 e. The summed E-state index contributed by atoms with van der Waals surface area (Å²) < 4.78 is 14.8. The van der Waals surface area contributed by atoms with Crippen LogP contribution in [0, 0.1) is 12.7 Å². The molecule has 3 N–H and O–H groups in total. The number of benzene rings is 1. The molecule has 1 heterocycles. The number of hydrogen-bond donors (Lipinski definition) is 2. The van der Waals surface area contributed by atoms with E-state index in [1.54, 1.807) is 32.2 Å². The first kappa shape index (κ1) is 15.1. The molecule has 6 nitrogen and oxygen atoms in total. The normalized spacial score (nSPS) is 12.2. The smallest absolute Gasteiger partial charge is 0.242 e. The van der Waals surface area contributed by atoms with Crippen LogP contribution in [0.25, 0.3) is 0 Å². The minimum absolute atomic E-state index is 0.0497. The molecule has 0 saturated carbocycles. The first-order chi connectivity index (χ1) is 9.95. The average Bonchev–Trinajstić information content (AvgIpc) is 2.89. The van der Waals surface area contributed by atoms with Gasteiger partial charge in [0.1, 0.15) is 12.4 Å². The van der Waals surface area contributed by atoms with Gasteiger partial charge in [0.15, 0.2) is 0 Å². The molecule has 7 heteroatoms. The highest BCUT2D eigenvalue weighted by molar-refractivity contribution is 5.75. The van der Waals surface area contributed by atoms with Crippen LogP contribution in [0.2, 0.25) is 0 Å². The van der Waals surface area contributed by atoms with Gasteiger partial charge in [-0.3, -0.25) is 4.79 Å². The van der Waals surface area contributed by atoms with Crippen molar-refractivity contribution in [3.8, 4) is 0 Å². The quantitative estimate of drug-likeness (QED) is 0.862. The molecule has 112 valence electrons. The molecule has 0 aliphatic rings. The van der Waals surface area contributed by atoms with Gasteiger partial charge in [0.25, 0.3) is 0 Å². The van der Waals surface area contributed by atoms with Crippen molar-refractivity contribution in [2.45, 2.75) is 33.0 Å². The van der Waals surface area contributed by atoms with Crippen LogP contribution in [0.4, 0.5) is 4.39 Å². The van der Waals surface area contributed by atoms with Crippen LogP contribution in [0.15, 0.2) is 24.4 Å². The predicted octanol–water partition coefficient (Wildman–Crippen LogP) is 1.06. The Bertz CT molecular complexity index is 638. The number of carbonyl (C=O) groups excluding carboxylic acids is 1. The number of hydrogen-bond acceptors (Lipinski definition) is 4. The van der Waals surface area contributed by atoms with Gasteiger partial charge in [-0.05, 0) is 31.0 Å². The third-order valence-electron chi connectivity index (χ3n) is 3.05. The van der Waals surface area contributed by atoms with Gasteiger partial charge in [-0.25, -0.2) is 9.07 Å². The summed E-state index contributed by atoms with van der Waals surface area (Å²) in [7, 11) is 0. The van der Waals surface area contributed by atoms with Crippen molar-refractivity contribution in [1.29, 1.82) is 0 Å². The molecule has 0 fully saturated rings. The molecule has 0 aliphatic heterocycles. The maximum atomic E-state index is 13.4. The van der Waals surface area contributed by atoms with Crippen molar-refractivity contribution in [3.63, 3.8) is 0 Å². The first-order valence-corrected chi connectivity index (χ1v) is 6.63. The van der Waals surface area contributed by atoms with E-state index in [9.17, 15) is 9.18 Å². The maximum Gasteiger partial charge on any atom is 0.242 e. The molecule has 1 aromatic carbocycles. The van der Waals surface area contributed by atoms with Gasteiger partial charge in [-0.2, -0.15) is 0 Å². The lowest BCUT2D eigenvalue weighted by atomic mass is 10.1. The minimum atomic E-state index is -0.278. The van der Waals surface area contributed by atoms with Crippen LogP contribution >= 0.6 is 0 Å². The number of aryl methyl sites for hydroxylation is 1. The molecule has 0 saturated heterocycles. The van der Waals surface area contributed by atoms with E-state index < -0.39 is 0 Å². The molecule has 2 rings (SSSR count). The molecule has 0 bridgehead atoms. The Kier molecular flexibility index (Phi) is 4.64. The van der Waals surface area contributed by atoms with Gasteiger partial charge in [0, 0.05) is 12.6 Å². The molecule has 0 aliphatic carbocycles. The Labute approximate surface area is 122 Å². The number of aromatic nitrogens is 3. The molecule has 1 unspecified atom stereocenters. The Balaban J connectivity index is 1.88. The van der Waals surface area contributed by atoms with E-state index in [0.29, 0.717) is 16.8 Å². The zero-order valence-electron chi connectivity index (χ0n) is 12.0. The molecule has 1 atom stereocenters. The molecule has 21 heavy (non-hydrogen) atoms. The predicted molar refractivity (Wildman–Crippen MR) is 75.6 cm³/mol. The zero-order chi connectivity index (χ0) is 15.4. The zero-order valence-corrected chi connectivity index (χ0v) is 12.0.